The van der Waals surface area contributed by atoms with Gasteiger partial charge in [-0.15, -0.1) is 0 Å². The van der Waals surface area contributed by atoms with E-state index in [0.29, 0.717) is 18.2 Å². The van der Waals surface area contributed by atoms with Crippen LogP contribution in [0.1, 0.15) is 137 Å². The highest BCUT2D eigenvalue weighted by atomic mass is 16.5. The first-order valence-corrected chi connectivity index (χ1v) is 13.6. The number of unbranched alkanes of at least 4 members (excludes halogenated alkanes) is 12. The topological polar surface area (TPSA) is 29.5 Å². The molecular formula is C28H55NO2. The van der Waals surface area contributed by atoms with Gasteiger partial charge in [-0.3, -0.25) is 0 Å². The second-order valence-electron chi connectivity index (χ2n) is 9.43. The summed E-state index contributed by atoms with van der Waals surface area (Å²) in [4.78, 5) is 14.4. The van der Waals surface area contributed by atoms with Gasteiger partial charge >= 0.3 is 5.97 Å². The Morgan fingerprint density at radius 1 is 0.710 bits per heavy atom. The quantitative estimate of drug-likeness (QED) is 0.0911. The molecule has 0 fully saturated rings. The first-order valence-electron chi connectivity index (χ1n) is 13.6. The van der Waals surface area contributed by atoms with E-state index in [1.54, 1.807) is 6.92 Å². The largest absolute Gasteiger partial charge is 0.462 e. The molecule has 3 heteroatoms. The van der Waals surface area contributed by atoms with Gasteiger partial charge in [0.25, 0.3) is 0 Å². The molecule has 0 saturated heterocycles. The zero-order valence-electron chi connectivity index (χ0n) is 21.7. The van der Waals surface area contributed by atoms with Crippen LogP contribution in [0.3, 0.4) is 0 Å². The van der Waals surface area contributed by atoms with E-state index >= 15 is 0 Å². The van der Waals surface area contributed by atoms with Crippen LogP contribution in [0.15, 0.2) is 12.2 Å². The summed E-state index contributed by atoms with van der Waals surface area (Å²) in [5, 5.41) is 0. The zero-order chi connectivity index (χ0) is 23.2. The third-order valence-corrected chi connectivity index (χ3v) is 6.29. The molecule has 0 aromatic rings. The molecule has 3 nitrogen and oxygen atoms in total. The Labute approximate surface area is 195 Å². The fourth-order valence-corrected chi connectivity index (χ4v) is 4.16. The molecule has 0 N–H and O–H groups in total. The number of hydrogen-bond acceptors (Lipinski definition) is 3. The highest BCUT2D eigenvalue weighted by molar-refractivity contribution is 5.86. The van der Waals surface area contributed by atoms with Crippen molar-refractivity contribution in [3.8, 4) is 0 Å². The van der Waals surface area contributed by atoms with Crippen molar-refractivity contribution < 1.29 is 9.53 Å². The Hall–Kier alpha value is -0.830. The van der Waals surface area contributed by atoms with Gasteiger partial charge in [0.2, 0.25) is 0 Å². The second kappa shape index (κ2) is 22.4. The molecule has 0 aromatic carbocycles. The molecule has 0 aliphatic rings. The van der Waals surface area contributed by atoms with Crippen LogP contribution in [0.4, 0.5) is 0 Å². The zero-order valence-corrected chi connectivity index (χ0v) is 21.7. The number of carbonyl (C=O) groups is 1. The summed E-state index contributed by atoms with van der Waals surface area (Å²) in [6.45, 7) is 15.1. The number of nitrogens with zero attached hydrogens (tertiary/aromatic N) is 1. The van der Waals surface area contributed by atoms with Crippen molar-refractivity contribution in [3.63, 3.8) is 0 Å². The third-order valence-electron chi connectivity index (χ3n) is 6.29. The maximum Gasteiger partial charge on any atom is 0.333 e. The van der Waals surface area contributed by atoms with Crippen LogP contribution in [-0.4, -0.2) is 36.6 Å². The van der Waals surface area contributed by atoms with E-state index < -0.39 is 0 Å². The molecule has 31 heavy (non-hydrogen) atoms. The van der Waals surface area contributed by atoms with Crippen molar-refractivity contribution in [1.82, 2.24) is 4.90 Å². The summed E-state index contributed by atoms with van der Waals surface area (Å²) < 4.78 is 5.43. The Balaban J connectivity index is 4.29. The minimum absolute atomic E-state index is 0.248. The lowest BCUT2D eigenvalue weighted by Crippen LogP contribution is -2.38. The van der Waals surface area contributed by atoms with Crippen LogP contribution in [0.25, 0.3) is 0 Å². The molecule has 0 bridgehead atoms. The Morgan fingerprint density at radius 3 is 1.61 bits per heavy atom. The molecule has 0 radical (unpaired) electrons. The van der Waals surface area contributed by atoms with Gasteiger partial charge in [0.15, 0.2) is 0 Å². The summed E-state index contributed by atoms with van der Waals surface area (Å²) in [7, 11) is 0. The van der Waals surface area contributed by atoms with Crippen LogP contribution in [0, 0.1) is 0 Å². The molecule has 0 rings (SSSR count). The summed E-state index contributed by atoms with van der Waals surface area (Å²) in [6, 6.07) is 0.537. The molecule has 184 valence electrons. The van der Waals surface area contributed by atoms with Crippen molar-refractivity contribution >= 4 is 5.97 Å². The maximum absolute atomic E-state index is 11.8. The number of ether oxygens (including phenoxy) is 1. The summed E-state index contributed by atoms with van der Waals surface area (Å²) in [5.74, 6) is -0.248. The first-order chi connectivity index (χ1) is 15.1. The van der Waals surface area contributed by atoms with E-state index in [1.807, 2.05) is 0 Å². The van der Waals surface area contributed by atoms with E-state index in [0.717, 1.165) is 6.42 Å². The summed E-state index contributed by atoms with van der Waals surface area (Å²) in [6.07, 6.45) is 22.4. The lowest BCUT2D eigenvalue weighted by molar-refractivity contribution is -0.139. The molecule has 0 spiro atoms. The Bertz CT molecular complexity index is 413. The molecule has 1 unspecified atom stereocenters. The Morgan fingerprint density at radius 2 is 1.16 bits per heavy atom. The minimum Gasteiger partial charge on any atom is -0.462 e. The SMILES string of the molecule is C=C(C)C(=O)OCCC(CCCCCCCCCCCCC)N(CCCC)CCCC. The lowest BCUT2D eigenvalue weighted by Gasteiger charge is -2.32. The van der Waals surface area contributed by atoms with Crippen LogP contribution in [0.2, 0.25) is 0 Å². The minimum atomic E-state index is -0.248. The molecule has 0 aliphatic heterocycles. The van der Waals surface area contributed by atoms with Crippen LogP contribution >= 0.6 is 0 Å². The smallest absolute Gasteiger partial charge is 0.333 e. The van der Waals surface area contributed by atoms with E-state index in [-0.39, 0.29) is 5.97 Å². The monoisotopic (exact) mass is 437 g/mol. The van der Waals surface area contributed by atoms with Crippen molar-refractivity contribution in [2.75, 3.05) is 19.7 Å². The van der Waals surface area contributed by atoms with Crippen molar-refractivity contribution in [2.45, 2.75) is 143 Å². The Kier molecular flexibility index (Phi) is 21.8. The maximum atomic E-state index is 11.8. The standard InChI is InChI=1S/C28H55NO2/c1-6-9-12-13-14-15-16-17-18-19-20-21-27(22-25-31-28(30)26(4)5)29(23-10-7-2)24-11-8-3/h27H,4,6-25H2,1-3,5H3. The van der Waals surface area contributed by atoms with Crippen molar-refractivity contribution in [1.29, 1.82) is 0 Å². The predicted octanol–water partition coefficient (Wildman–Crippen LogP) is 8.47. The molecule has 0 amide bonds. The number of hydrogen-bond donors (Lipinski definition) is 0. The van der Waals surface area contributed by atoms with Gasteiger partial charge < -0.3 is 9.64 Å². The number of rotatable bonds is 23. The molecule has 0 aromatic heterocycles. The van der Waals surface area contributed by atoms with Gasteiger partial charge in [0.1, 0.15) is 0 Å². The molecule has 0 heterocycles. The second-order valence-corrected chi connectivity index (χ2v) is 9.43. The molecular weight excluding hydrogens is 382 g/mol. The summed E-state index contributed by atoms with van der Waals surface area (Å²) >= 11 is 0. The van der Waals surface area contributed by atoms with Gasteiger partial charge in [-0.05, 0) is 45.7 Å². The van der Waals surface area contributed by atoms with Gasteiger partial charge in [0.05, 0.1) is 6.61 Å². The van der Waals surface area contributed by atoms with E-state index in [2.05, 4.69) is 32.3 Å². The molecule has 0 saturated carbocycles. The van der Waals surface area contributed by atoms with Gasteiger partial charge in [0, 0.05) is 11.6 Å². The first kappa shape index (κ1) is 30.2. The highest BCUT2D eigenvalue weighted by Gasteiger charge is 2.18. The fraction of sp³-hybridized carbons (Fsp3) is 0.893. The number of esters is 1. The third kappa shape index (κ3) is 18.4. The van der Waals surface area contributed by atoms with Gasteiger partial charge in [-0.1, -0.05) is 111 Å². The lowest BCUT2D eigenvalue weighted by atomic mass is 10.0. The molecule has 0 aliphatic carbocycles. The van der Waals surface area contributed by atoms with E-state index in [4.69, 9.17) is 4.74 Å². The summed E-state index contributed by atoms with van der Waals surface area (Å²) in [5.41, 5.74) is 0.496. The van der Waals surface area contributed by atoms with E-state index in [1.165, 1.54) is 116 Å². The molecule has 1 atom stereocenters. The van der Waals surface area contributed by atoms with Crippen molar-refractivity contribution in [3.05, 3.63) is 12.2 Å². The van der Waals surface area contributed by atoms with Crippen LogP contribution < -0.4 is 0 Å². The predicted molar refractivity (Wildman–Crippen MR) is 137 cm³/mol. The van der Waals surface area contributed by atoms with Crippen LogP contribution in [-0.2, 0) is 9.53 Å². The van der Waals surface area contributed by atoms with E-state index in [9.17, 15) is 4.79 Å². The van der Waals surface area contributed by atoms with Gasteiger partial charge in [-0.2, -0.15) is 0 Å². The van der Waals surface area contributed by atoms with Crippen LogP contribution in [0.5, 0.6) is 0 Å². The van der Waals surface area contributed by atoms with Crippen molar-refractivity contribution in [2.24, 2.45) is 0 Å². The highest BCUT2D eigenvalue weighted by Crippen LogP contribution is 2.18. The fourth-order valence-electron chi connectivity index (χ4n) is 4.16. The normalized spacial score (nSPS) is 12.3. The average Bonchev–Trinajstić information content (AvgIpc) is 2.76. The van der Waals surface area contributed by atoms with Gasteiger partial charge in [-0.25, -0.2) is 4.79 Å². The average molecular weight is 438 g/mol. The number of carbonyl (C=O) groups excluding carboxylic acids is 1.